The Morgan fingerprint density at radius 2 is 1.93 bits per heavy atom. The van der Waals surface area contributed by atoms with E-state index in [4.69, 9.17) is 23.1 Å². The number of aromatic nitrogens is 1. The molecule has 0 saturated carbocycles. The number of aryl methyl sites for hydroxylation is 1. The van der Waals surface area contributed by atoms with Gasteiger partial charge in [0.25, 0.3) is 0 Å². The largest absolute Gasteiger partial charge is 0.396 e. The first-order valence-electron chi connectivity index (χ1n) is 4.21. The molecule has 0 spiro atoms. The van der Waals surface area contributed by atoms with Crippen LogP contribution in [0.15, 0.2) is 18.2 Å². The quantitative estimate of drug-likeness (QED) is 0.652. The van der Waals surface area contributed by atoms with E-state index in [-0.39, 0.29) is 5.15 Å². The number of anilines is 2. The fourth-order valence-electron chi connectivity index (χ4n) is 1.51. The van der Waals surface area contributed by atoms with E-state index >= 15 is 0 Å². The molecule has 72 valence electrons. The predicted molar refractivity (Wildman–Crippen MR) is 60.3 cm³/mol. The van der Waals surface area contributed by atoms with Crippen LogP contribution in [0.2, 0.25) is 5.15 Å². The Balaban J connectivity index is 2.99. The zero-order valence-corrected chi connectivity index (χ0v) is 8.47. The zero-order chi connectivity index (χ0) is 10.3. The van der Waals surface area contributed by atoms with Crippen molar-refractivity contribution in [3.8, 4) is 0 Å². The molecule has 0 aliphatic carbocycles. The molecular formula is C10H10ClN3. The molecular weight excluding hydrogens is 198 g/mol. The van der Waals surface area contributed by atoms with E-state index < -0.39 is 0 Å². The first-order valence-corrected chi connectivity index (χ1v) is 4.59. The first-order chi connectivity index (χ1) is 6.61. The molecule has 0 amide bonds. The molecule has 0 unspecified atom stereocenters. The maximum atomic E-state index is 5.87. The molecule has 0 radical (unpaired) electrons. The predicted octanol–water partition coefficient (Wildman–Crippen LogP) is 2.36. The fraction of sp³-hybridized carbons (Fsp3) is 0.100. The van der Waals surface area contributed by atoms with Crippen molar-refractivity contribution in [3.63, 3.8) is 0 Å². The van der Waals surface area contributed by atoms with Gasteiger partial charge in [-0.05, 0) is 18.6 Å². The summed E-state index contributed by atoms with van der Waals surface area (Å²) in [5.74, 6) is 0. The van der Waals surface area contributed by atoms with Gasteiger partial charge in [-0.1, -0.05) is 23.7 Å². The summed E-state index contributed by atoms with van der Waals surface area (Å²) in [6, 6.07) is 5.74. The summed E-state index contributed by atoms with van der Waals surface area (Å²) in [5.41, 5.74) is 14.3. The molecule has 0 bridgehead atoms. The summed E-state index contributed by atoms with van der Waals surface area (Å²) in [4.78, 5) is 4.16. The highest BCUT2D eigenvalue weighted by molar-refractivity contribution is 6.33. The molecule has 14 heavy (non-hydrogen) atoms. The van der Waals surface area contributed by atoms with Gasteiger partial charge in [0.05, 0.1) is 16.9 Å². The fourth-order valence-corrected chi connectivity index (χ4v) is 1.70. The summed E-state index contributed by atoms with van der Waals surface area (Å²) in [7, 11) is 0. The Kier molecular flexibility index (Phi) is 1.97. The number of halogens is 1. The van der Waals surface area contributed by atoms with Gasteiger partial charge in [-0.3, -0.25) is 0 Å². The van der Waals surface area contributed by atoms with Crippen molar-refractivity contribution in [1.82, 2.24) is 4.98 Å². The second kappa shape index (κ2) is 3.03. The van der Waals surface area contributed by atoms with Crippen molar-refractivity contribution >= 4 is 33.9 Å². The third-order valence-corrected chi connectivity index (χ3v) is 2.54. The number of hydrogen-bond donors (Lipinski definition) is 2. The third-order valence-electron chi connectivity index (χ3n) is 2.25. The van der Waals surface area contributed by atoms with Crippen molar-refractivity contribution in [3.05, 3.63) is 28.9 Å². The van der Waals surface area contributed by atoms with Gasteiger partial charge in [-0.2, -0.15) is 0 Å². The Hall–Kier alpha value is -1.48. The van der Waals surface area contributed by atoms with Crippen molar-refractivity contribution in [2.75, 3.05) is 11.5 Å². The minimum atomic E-state index is 0.264. The highest BCUT2D eigenvalue weighted by atomic mass is 35.5. The Morgan fingerprint density at radius 1 is 1.21 bits per heavy atom. The molecule has 0 saturated heterocycles. The van der Waals surface area contributed by atoms with Crippen molar-refractivity contribution in [2.45, 2.75) is 6.92 Å². The number of nitrogens with zero attached hydrogens (tertiary/aromatic N) is 1. The van der Waals surface area contributed by atoms with Gasteiger partial charge in [0.15, 0.2) is 5.15 Å². The Morgan fingerprint density at radius 3 is 2.64 bits per heavy atom. The van der Waals surface area contributed by atoms with Gasteiger partial charge >= 0.3 is 0 Å². The van der Waals surface area contributed by atoms with Gasteiger partial charge in [0.2, 0.25) is 0 Å². The number of rotatable bonds is 0. The normalized spacial score (nSPS) is 10.7. The van der Waals surface area contributed by atoms with E-state index in [0.717, 1.165) is 16.5 Å². The molecule has 0 aliphatic rings. The second-order valence-corrected chi connectivity index (χ2v) is 3.56. The van der Waals surface area contributed by atoms with Crippen LogP contribution in [0.3, 0.4) is 0 Å². The van der Waals surface area contributed by atoms with E-state index in [2.05, 4.69) is 4.98 Å². The van der Waals surface area contributed by atoms with Gasteiger partial charge < -0.3 is 11.5 Å². The number of hydrogen-bond acceptors (Lipinski definition) is 3. The van der Waals surface area contributed by atoms with Crippen LogP contribution in [0.1, 0.15) is 5.56 Å². The molecule has 1 aromatic carbocycles. The standard InChI is InChI=1S/C10H10ClN3/c1-5-3-2-4-6-7(5)8(12)9(13)10(11)14-6/h2-4H,13H2,1H3,(H2,12,14). The number of pyridine rings is 1. The highest BCUT2D eigenvalue weighted by Gasteiger charge is 2.09. The van der Waals surface area contributed by atoms with E-state index in [1.165, 1.54) is 0 Å². The van der Waals surface area contributed by atoms with E-state index in [1.54, 1.807) is 0 Å². The van der Waals surface area contributed by atoms with Crippen molar-refractivity contribution < 1.29 is 0 Å². The second-order valence-electron chi connectivity index (χ2n) is 3.20. The maximum absolute atomic E-state index is 5.87. The van der Waals surface area contributed by atoms with Crippen LogP contribution in [0.5, 0.6) is 0 Å². The maximum Gasteiger partial charge on any atom is 0.154 e. The average molecular weight is 208 g/mol. The molecule has 0 aliphatic heterocycles. The number of nitrogens with two attached hydrogens (primary N) is 2. The summed E-state index contributed by atoms with van der Waals surface area (Å²) in [5, 5.41) is 1.15. The monoisotopic (exact) mass is 207 g/mol. The lowest BCUT2D eigenvalue weighted by atomic mass is 10.1. The molecule has 4 heteroatoms. The molecule has 3 nitrogen and oxygen atoms in total. The molecule has 0 fully saturated rings. The first kappa shape index (κ1) is 9.09. The van der Waals surface area contributed by atoms with E-state index in [1.807, 2.05) is 25.1 Å². The summed E-state index contributed by atoms with van der Waals surface area (Å²) >= 11 is 5.83. The minimum Gasteiger partial charge on any atom is -0.396 e. The lowest BCUT2D eigenvalue weighted by molar-refractivity contribution is 1.39. The minimum absolute atomic E-state index is 0.264. The number of nitrogen functional groups attached to an aromatic ring is 2. The summed E-state index contributed by atoms with van der Waals surface area (Å²) in [6.07, 6.45) is 0. The smallest absolute Gasteiger partial charge is 0.154 e. The molecule has 1 heterocycles. The van der Waals surface area contributed by atoms with Crippen LogP contribution in [-0.4, -0.2) is 4.98 Å². The van der Waals surface area contributed by atoms with Crippen LogP contribution in [0.25, 0.3) is 10.9 Å². The topological polar surface area (TPSA) is 64.9 Å². The highest BCUT2D eigenvalue weighted by Crippen LogP contribution is 2.32. The van der Waals surface area contributed by atoms with Crippen LogP contribution in [0.4, 0.5) is 11.4 Å². The summed E-state index contributed by atoms with van der Waals surface area (Å²) in [6.45, 7) is 1.97. The van der Waals surface area contributed by atoms with Gasteiger partial charge in [0, 0.05) is 5.39 Å². The van der Waals surface area contributed by atoms with Crippen molar-refractivity contribution in [2.24, 2.45) is 0 Å². The molecule has 0 atom stereocenters. The average Bonchev–Trinajstić information content (AvgIpc) is 2.14. The van der Waals surface area contributed by atoms with E-state index in [9.17, 15) is 0 Å². The van der Waals surface area contributed by atoms with Crippen LogP contribution < -0.4 is 11.5 Å². The van der Waals surface area contributed by atoms with Gasteiger partial charge in [0.1, 0.15) is 0 Å². The summed E-state index contributed by atoms with van der Waals surface area (Å²) < 4.78 is 0. The van der Waals surface area contributed by atoms with Gasteiger partial charge in [-0.25, -0.2) is 4.98 Å². The lowest BCUT2D eigenvalue weighted by Crippen LogP contribution is -1.99. The SMILES string of the molecule is Cc1cccc2nc(Cl)c(N)c(N)c12. The number of fused-ring (bicyclic) bond motifs is 1. The molecule has 4 N–H and O–H groups in total. The molecule has 2 aromatic rings. The van der Waals surface area contributed by atoms with E-state index in [0.29, 0.717) is 11.4 Å². The lowest BCUT2D eigenvalue weighted by Gasteiger charge is -2.08. The van der Waals surface area contributed by atoms with Crippen molar-refractivity contribution in [1.29, 1.82) is 0 Å². The molecule has 1 aromatic heterocycles. The third kappa shape index (κ3) is 1.17. The van der Waals surface area contributed by atoms with Crippen LogP contribution >= 0.6 is 11.6 Å². The van der Waals surface area contributed by atoms with Gasteiger partial charge in [-0.15, -0.1) is 0 Å². The Bertz CT molecular complexity index is 508. The Labute approximate surface area is 86.7 Å². The number of benzene rings is 1. The zero-order valence-electron chi connectivity index (χ0n) is 7.71. The van der Waals surface area contributed by atoms with Crippen LogP contribution in [-0.2, 0) is 0 Å². The molecule has 2 rings (SSSR count). The van der Waals surface area contributed by atoms with Crippen LogP contribution in [0, 0.1) is 6.92 Å².